The molecule has 0 radical (unpaired) electrons. The van der Waals surface area contributed by atoms with E-state index < -0.39 is 0 Å². The third-order valence-corrected chi connectivity index (χ3v) is 3.71. The highest BCUT2D eigenvalue weighted by Gasteiger charge is 2.21. The summed E-state index contributed by atoms with van der Waals surface area (Å²) in [7, 11) is 1.96. The van der Waals surface area contributed by atoms with Crippen LogP contribution in [0.25, 0.3) is 0 Å². The zero-order valence-electron chi connectivity index (χ0n) is 12.6. The normalized spacial score (nSPS) is 12.8. The molecule has 0 saturated carbocycles. The molecule has 0 aliphatic carbocycles. The molecular formula is C16H24N4. The quantitative estimate of drug-likeness (QED) is 0.877. The van der Waals surface area contributed by atoms with Gasteiger partial charge in [0.1, 0.15) is 0 Å². The molecule has 2 N–H and O–H groups in total. The Morgan fingerprint density at radius 3 is 2.50 bits per heavy atom. The Morgan fingerprint density at radius 2 is 2.00 bits per heavy atom. The highest BCUT2D eigenvalue weighted by atomic mass is 15.3. The van der Waals surface area contributed by atoms with Gasteiger partial charge in [0.15, 0.2) is 0 Å². The van der Waals surface area contributed by atoms with Crippen LogP contribution >= 0.6 is 0 Å². The first-order valence-electron chi connectivity index (χ1n) is 7.13. The molecule has 1 atom stereocenters. The van der Waals surface area contributed by atoms with E-state index in [2.05, 4.69) is 47.4 Å². The Bertz CT molecular complexity index is 533. The van der Waals surface area contributed by atoms with Gasteiger partial charge in [-0.25, -0.2) is 0 Å². The lowest BCUT2D eigenvalue weighted by Crippen LogP contribution is -2.33. The van der Waals surface area contributed by atoms with E-state index >= 15 is 0 Å². The maximum Gasteiger partial charge on any atom is 0.0641 e. The molecular weight excluding hydrogens is 248 g/mol. The molecule has 0 spiro atoms. The number of aryl methyl sites for hydroxylation is 2. The van der Waals surface area contributed by atoms with Crippen molar-refractivity contribution in [1.29, 1.82) is 0 Å². The highest BCUT2D eigenvalue weighted by molar-refractivity contribution is 5.22. The topological polar surface area (TPSA) is 47.1 Å². The Kier molecular flexibility index (Phi) is 4.93. The molecule has 2 rings (SSSR count). The standard InChI is InChI=1S/C16H24N4/c1-4-20(11-14-8-6-5-7-9-14)16(10-17)15-12-19(3)18-13(15)2/h5-9,12,16H,4,10-11,17H2,1-3H3. The Labute approximate surface area is 121 Å². The average molecular weight is 272 g/mol. The number of aromatic nitrogens is 2. The van der Waals surface area contributed by atoms with Gasteiger partial charge in [0.2, 0.25) is 0 Å². The largest absolute Gasteiger partial charge is 0.329 e. The first kappa shape index (κ1) is 14.8. The number of hydrogen-bond acceptors (Lipinski definition) is 3. The smallest absolute Gasteiger partial charge is 0.0641 e. The van der Waals surface area contributed by atoms with Crippen molar-refractivity contribution in [3.63, 3.8) is 0 Å². The molecule has 1 heterocycles. The van der Waals surface area contributed by atoms with Crippen LogP contribution in [0.3, 0.4) is 0 Å². The van der Waals surface area contributed by atoms with Crippen molar-refractivity contribution < 1.29 is 0 Å². The summed E-state index contributed by atoms with van der Waals surface area (Å²) in [5.41, 5.74) is 9.64. The number of benzene rings is 1. The van der Waals surface area contributed by atoms with E-state index in [0.29, 0.717) is 6.54 Å². The van der Waals surface area contributed by atoms with Crippen LogP contribution in [-0.4, -0.2) is 27.8 Å². The van der Waals surface area contributed by atoms with Crippen LogP contribution in [0.2, 0.25) is 0 Å². The first-order valence-corrected chi connectivity index (χ1v) is 7.13. The van der Waals surface area contributed by atoms with E-state index in [9.17, 15) is 0 Å². The van der Waals surface area contributed by atoms with E-state index in [-0.39, 0.29) is 6.04 Å². The molecule has 0 bridgehead atoms. The van der Waals surface area contributed by atoms with Gasteiger partial charge in [0, 0.05) is 31.9 Å². The lowest BCUT2D eigenvalue weighted by atomic mass is 10.1. The van der Waals surface area contributed by atoms with E-state index in [1.54, 1.807) is 0 Å². The van der Waals surface area contributed by atoms with Gasteiger partial charge in [-0.15, -0.1) is 0 Å². The van der Waals surface area contributed by atoms with E-state index in [4.69, 9.17) is 5.73 Å². The molecule has 4 nitrogen and oxygen atoms in total. The molecule has 4 heteroatoms. The van der Waals surface area contributed by atoms with E-state index in [1.807, 2.05) is 24.7 Å². The molecule has 0 fully saturated rings. The van der Waals surface area contributed by atoms with Crippen LogP contribution in [0.4, 0.5) is 0 Å². The molecule has 0 aliphatic rings. The summed E-state index contributed by atoms with van der Waals surface area (Å²) >= 11 is 0. The predicted octanol–water partition coefficient (Wildman–Crippen LogP) is 2.25. The van der Waals surface area contributed by atoms with Gasteiger partial charge in [-0.3, -0.25) is 9.58 Å². The van der Waals surface area contributed by atoms with Crippen LogP contribution in [0, 0.1) is 6.92 Å². The fraction of sp³-hybridized carbons (Fsp3) is 0.438. The molecule has 20 heavy (non-hydrogen) atoms. The number of nitrogens with two attached hydrogens (primary N) is 1. The summed E-state index contributed by atoms with van der Waals surface area (Å²) in [5.74, 6) is 0. The van der Waals surface area contributed by atoms with Crippen molar-refractivity contribution in [2.24, 2.45) is 12.8 Å². The molecule has 0 saturated heterocycles. The second kappa shape index (κ2) is 6.68. The SMILES string of the molecule is CCN(Cc1ccccc1)C(CN)c1cn(C)nc1C. The van der Waals surface area contributed by atoms with Crippen LogP contribution in [0.1, 0.15) is 29.8 Å². The molecule has 0 aliphatic heterocycles. The minimum absolute atomic E-state index is 0.217. The van der Waals surface area contributed by atoms with E-state index in [1.165, 1.54) is 11.1 Å². The highest BCUT2D eigenvalue weighted by Crippen LogP contribution is 2.23. The Morgan fingerprint density at radius 1 is 1.30 bits per heavy atom. The zero-order chi connectivity index (χ0) is 14.5. The predicted molar refractivity (Wildman–Crippen MR) is 82.3 cm³/mol. The van der Waals surface area contributed by atoms with Crippen LogP contribution in [-0.2, 0) is 13.6 Å². The van der Waals surface area contributed by atoms with Crippen molar-refractivity contribution >= 4 is 0 Å². The van der Waals surface area contributed by atoms with Gasteiger partial charge >= 0.3 is 0 Å². The summed E-state index contributed by atoms with van der Waals surface area (Å²) in [4.78, 5) is 2.40. The molecule has 1 aromatic heterocycles. The minimum Gasteiger partial charge on any atom is -0.329 e. The molecule has 1 aromatic carbocycles. The summed E-state index contributed by atoms with van der Waals surface area (Å²) < 4.78 is 1.86. The first-order chi connectivity index (χ1) is 9.65. The maximum atomic E-state index is 6.03. The fourth-order valence-corrected chi connectivity index (χ4v) is 2.68. The maximum absolute atomic E-state index is 6.03. The minimum atomic E-state index is 0.217. The third kappa shape index (κ3) is 3.26. The Hall–Kier alpha value is -1.65. The summed E-state index contributed by atoms with van der Waals surface area (Å²) in [5, 5.41) is 4.44. The summed E-state index contributed by atoms with van der Waals surface area (Å²) in [6.07, 6.45) is 2.08. The van der Waals surface area contributed by atoms with Crippen molar-refractivity contribution in [1.82, 2.24) is 14.7 Å². The second-order valence-corrected chi connectivity index (χ2v) is 5.14. The van der Waals surface area contributed by atoms with Gasteiger partial charge < -0.3 is 5.73 Å². The molecule has 108 valence electrons. The van der Waals surface area contributed by atoms with Gasteiger partial charge in [0.05, 0.1) is 11.7 Å². The van der Waals surface area contributed by atoms with Crippen LogP contribution in [0.15, 0.2) is 36.5 Å². The summed E-state index contributed by atoms with van der Waals surface area (Å²) in [6, 6.07) is 10.7. The third-order valence-electron chi connectivity index (χ3n) is 3.71. The number of hydrogen-bond donors (Lipinski definition) is 1. The summed E-state index contributed by atoms with van der Waals surface area (Å²) in [6.45, 7) is 6.71. The van der Waals surface area contributed by atoms with Crippen molar-refractivity contribution in [2.45, 2.75) is 26.4 Å². The fourth-order valence-electron chi connectivity index (χ4n) is 2.68. The zero-order valence-corrected chi connectivity index (χ0v) is 12.6. The van der Waals surface area contributed by atoms with Gasteiger partial charge in [-0.1, -0.05) is 37.3 Å². The lowest BCUT2D eigenvalue weighted by Gasteiger charge is -2.29. The van der Waals surface area contributed by atoms with Crippen molar-refractivity contribution in [3.05, 3.63) is 53.3 Å². The van der Waals surface area contributed by atoms with Crippen molar-refractivity contribution in [3.8, 4) is 0 Å². The van der Waals surface area contributed by atoms with Crippen LogP contribution < -0.4 is 5.73 Å². The number of likely N-dealkylation sites (N-methyl/N-ethyl adjacent to an activating group) is 1. The van der Waals surface area contributed by atoms with E-state index in [0.717, 1.165) is 18.8 Å². The lowest BCUT2D eigenvalue weighted by molar-refractivity contribution is 0.203. The monoisotopic (exact) mass is 272 g/mol. The van der Waals surface area contributed by atoms with Crippen molar-refractivity contribution in [2.75, 3.05) is 13.1 Å². The second-order valence-electron chi connectivity index (χ2n) is 5.14. The van der Waals surface area contributed by atoms with Gasteiger partial charge in [-0.2, -0.15) is 5.10 Å². The van der Waals surface area contributed by atoms with Crippen LogP contribution in [0.5, 0.6) is 0 Å². The molecule has 0 amide bonds. The van der Waals surface area contributed by atoms with Gasteiger partial charge in [0.25, 0.3) is 0 Å². The average Bonchev–Trinajstić information content (AvgIpc) is 2.78. The van der Waals surface area contributed by atoms with Gasteiger partial charge in [-0.05, 0) is 19.0 Å². The molecule has 1 unspecified atom stereocenters. The number of rotatable bonds is 6. The molecule has 2 aromatic rings. The number of nitrogens with zero attached hydrogens (tertiary/aromatic N) is 3. The Balaban J connectivity index is 2.22.